The number of carbonyl (C=O) groups is 1. The van der Waals surface area contributed by atoms with E-state index in [9.17, 15) is 9.59 Å². The highest BCUT2D eigenvalue weighted by molar-refractivity contribution is 5.83. The second-order valence-corrected chi connectivity index (χ2v) is 6.44. The summed E-state index contributed by atoms with van der Waals surface area (Å²) < 4.78 is 7.26. The zero-order valence-electron chi connectivity index (χ0n) is 14.5. The minimum absolute atomic E-state index is 0.153. The molecule has 1 aliphatic rings. The van der Waals surface area contributed by atoms with Crippen LogP contribution in [0.25, 0.3) is 0 Å². The number of nitrogens with one attached hydrogen (secondary N) is 1. The van der Waals surface area contributed by atoms with Gasteiger partial charge in [0, 0.05) is 25.4 Å². The largest absolute Gasteiger partial charge is 0.382 e. The number of anilines is 1. The average molecular weight is 340 g/mol. The molecule has 1 aromatic carbocycles. The third kappa shape index (κ3) is 4.17. The number of aldehydes is 1. The molecule has 2 aromatic rings. The molecule has 0 spiro atoms. The Morgan fingerprint density at radius 3 is 2.80 bits per heavy atom. The minimum Gasteiger partial charge on any atom is -0.382 e. The summed E-state index contributed by atoms with van der Waals surface area (Å²) in [5.41, 5.74) is 2.57. The van der Waals surface area contributed by atoms with Crippen LogP contribution in [0.1, 0.15) is 34.5 Å². The molecule has 132 valence electrons. The van der Waals surface area contributed by atoms with Gasteiger partial charge >= 0.3 is 0 Å². The van der Waals surface area contributed by atoms with Gasteiger partial charge < -0.3 is 14.6 Å². The van der Waals surface area contributed by atoms with E-state index in [4.69, 9.17) is 4.74 Å². The van der Waals surface area contributed by atoms with Crippen LogP contribution in [-0.4, -0.2) is 30.1 Å². The van der Waals surface area contributed by atoms with Gasteiger partial charge in [-0.15, -0.1) is 0 Å². The lowest BCUT2D eigenvalue weighted by Crippen LogP contribution is -2.29. The Morgan fingerprint density at radius 2 is 2.12 bits per heavy atom. The van der Waals surface area contributed by atoms with Gasteiger partial charge in [-0.05, 0) is 37.8 Å². The molecule has 1 aromatic heterocycles. The van der Waals surface area contributed by atoms with E-state index in [0.29, 0.717) is 25.1 Å². The maximum absolute atomic E-state index is 12.7. The highest BCUT2D eigenvalue weighted by Gasteiger charge is 2.17. The standard InChI is InChI=1S/C20H24N2O3/c1-15-12-19(21-13-17-8-5-11-25-17)18(14-23)20(24)22(15)10-9-16-6-3-2-4-7-16/h2-4,6-7,12,14,17,21H,5,8-11,13H2,1H3. The number of nitrogens with zero attached hydrogens (tertiary/aromatic N) is 1. The van der Waals surface area contributed by atoms with Crippen molar-refractivity contribution in [3.63, 3.8) is 0 Å². The van der Waals surface area contributed by atoms with Crippen molar-refractivity contribution in [3.05, 3.63) is 63.6 Å². The highest BCUT2D eigenvalue weighted by Crippen LogP contribution is 2.16. The monoisotopic (exact) mass is 340 g/mol. The van der Waals surface area contributed by atoms with Crippen LogP contribution in [0.15, 0.2) is 41.2 Å². The van der Waals surface area contributed by atoms with E-state index in [0.717, 1.165) is 31.6 Å². The quantitative estimate of drug-likeness (QED) is 0.788. The van der Waals surface area contributed by atoms with Crippen LogP contribution in [0, 0.1) is 6.92 Å². The van der Waals surface area contributed by atoms with Gasteiger partial charge in [0.1, 0.15) is 5.56 Å². The Kier molecular flexibility index (Phi) is 5.66. The molecule has 0 bridgehead atoms. The van der Waals surface area contributed by atoms with Crippen LogP contribution in [0.5, 0.6) is 0 Å². The molecule has 0 amide bonds. The van der Waals surface area contributed by atoms with Crippen LogP contribution < -0.4 is 10.9 Å². The molecule has 25 heavy (non-hydrogen) atoms. The molecular formula is C20H24N2O3. The van der Waals surface area contributed by atoms with E-state index < -0.39 is 0 Å². The molecule has 2 heterocycles. The maximum atomic E-state index is 12.7. The van der Waals surface area contributed by atoms with E-state index in [1.807, 2.05) is 43.3 Å². The molecule has 0 radical (unpaired) electrons. The van der Waals surface area contributed by atoms with Crippen molar-refractivity contribution in [2.24, 2.45) is 0 Å². The molecular weight excluding hydrogens is 316 g/mol. The number of pyridine rings is 1. The second-order valence-electron chi connectivity index (χ2n) is 6.44. The Balaban J connectivity index is 1.77. The molecule has 1 aliphatic heterocycles. The molecule has 3 rings (SSSR count). The molecule has 1 unspecified atom stereocenters. The number of rotatable bonds is 7. The number of carbonyl (C=O) groups excluding carboxylic acids is 1. The molecule has 0 saturated carbocycles. The first-order valence-corrected chi connectivity index (χ1v) is 8.78. The summed E-state index contributed by atoms with van der Waals surface area (Å²) >= 11 is 0. The highest BCUT2D eigenvalue weighted by atomic mass is 16.5. The van der Waals surface area contributed by atoms with Gasteiger partial charge in [-0.25, -0.2) is 0 Å². The van der Waals surface area contributed by atoms with Crippen molar-refractivity contribution in [1.82, 2.24) is 4.57 Å². The number of benzene rings is 1. The summed E-state index contributed by atoms with van der Waals surface area (Å²) in [7, 11) is 0. The SMILES string of the molecule is Cc1cc(NCC2CCCO2)c(C=O)c(=O)n1CCc1ccccc1. The first-order valence-electron chi connectivity index (χ1n) is 8.78. The Hall–Kier alpha value is -2.40. The third-order valence-electron chi connectivity index (χ3n) is 4.67. The third-order valence-corrected chi connectivity index (χ3v) is 4.67. The number of aromatic nitrogens is 1. The summed E-state index contributed by atoms with van der Waals surface area (Å²) in [5, 5.41) is 3.22. The summed E-state index contributed by atoms with van der Waals surface area (Å²) in [6.07, 6.45) is 3.63. The van der Waals surface area contributed by atoms with Gasteiger partial charge in [0.25, 0.3) is 5.56 Å². The zero-order valence-corrected chi connectivity index (χ0v) is 14.5. The predicted molar refractivity (Wildman–Crippen MR) is 98.4 cm³/mol. The van der Waals surface area contributed by atoms with Gasteiger partial charge in [0.15, 0.2) is 6.29 Å². The summed E-state index contributed by atoms with van der Waals surface area (Å²) in [4.78, 5) is 24.2. The van der Waals surface area contributed by atoms with Gasteiger partial charge in [-0.1, -0.05) is 30.3 Å². The van der Waals surface area contributed by atoms with Gasteiger partial charge in [0.2, 0.25) is 0 Å². The fourth-order valence-electron chi connectivity index (χ4n) is 3.24. The van der Waals surface area contributed by atoms with E-state index >= 15 is 0 Å². The van der Waals surface area contributed by atoms with Crippen molar-refractivity contribution in [3.8, 4) is 0 Å². The van der Waals surface area contributed by atoms with Gasteiger partial charge in [0.05, 0.1) is 11.8 Å². The summed E-state index contributed by atoms with van der Waals surface area (Å²) in [5.74, 6) is 0. The molecule has 1 fully saturated rings. The Labute approximate surface area is 147 Å². The number of hydrogen-bond acceptors (Lipinski definition) is 4. The minimum atomic E-state index is -0.235. The molecule has 1 saturated heterocycles. The number of hydrogen-bond donors (Lipinski definition) is 1. The topological polar surface area (TPSA) is 60.3 Å². The van der Waals surface area contributed by atoms with E-state index in [2.05, 4.69) is 5.32 Å². The van der Waals surface area contributed by atoms with Crippen LogP contribution in [-0.2, 0) is 17.7 Å². The summed E-state index contributed by atoms with van der Waals surface area (Å²) in [6.45, 7) is 3.86. The van der Waals surface area contributed by atoms with Crippen LogP contribution in [0.4, 0.5) is 5.69 Å². The van der Waals surface area contributed by atoms with Crippen LogP contribution in [0.2, 0.25) is 0 Å². The van der Waals surface area contributed by atoms with Crippen molar-refractivity contribution in [1.29, 1.82) is 0 Å². The average Bonchev–Trinajstić information content (AvgIpc) is 3.14. The van der Waals surface area contributed by atoms with Crippen molar-refractivity contribution in [2.45, 2.75) is 38.8 Å². The predicted octanol–water partition coefficient (Wildman–Crippen LogP) is 2.80. The lowest BCUT2D eigenvalue weighted by molar-refractivity contribution is 0.112. The van der Waals surface area contributed by atoms with Crippen molar-refractivity contribution in [2.75, 3.05) is 18.5 Å². The van der Waals surface area contributed by atoms with E-state index in [1.165, 1.54) is 5.56 Å². The van der Waals surface area contributed by atoms with E-state index in [1.54, 1.807) is 4.57 Å². The van der Waals surface area contributed by atoms with Crippen LogP contribution in [0.3, 0.4) is 0 Å². The van der Waals surface area contributed by atoms with Crippen molar-refractivity contribution >= 4 is 12.0 Å². The zero-order chi connectivity index (χ0) is 17.6. The second kappa shape index (κ2) is 8.12. The molecule has 5 nitrogen and oxygen atoms in total. The smallest absolute Gasteiger partial charge is 0.263 e. The first kappa shape index (κ1) is 17.4. The van der Waals surface area contributed by atoms with Crippen LogP contribution >= 0.6 is 0 Å². The normalized spacial score (nSPS) is 16.8. The Bertz CT molecular complexity index is 778. The fourth-order valence-corrected chi connectivity index (χ4v) is 3.24. The summed E-state index contributed by atoms with van der Waals surface area (Å²) in [6, 6.07) is 11.9. The first-order chi connectivity index (χ1) is 12.2. The number of aryl methyl sites for hydroxylation is 2. The molecule has 1 atom stereocenters. The van der Waals surface area contributed by atoms with Gasteiger partial charge in [-0.3, -0.25) is 9.59 Å². The molecule has 1 N–H and O–H groups in total. The maximum Gasteiger partial charge on any atom is 0.263 e. The number of ether oxygens (including phenoxy) is 1. The lowest BCUT2D eigenvalue weighted by Gasteiger charge is -2.17. The van der Waals surface area contributed by atoms with Gasteiger partial charge in [-0.2, -0.15) is 0 Å². The fraction of sp³-hybridized carbons (Fsp3) is 0.400. The van der Waals surface area contributed by atoms with E-state index in [-0.39, 0.29) is 17.2 Å². The lowest BCUT2D eigenvalue weighted by atomic mass is 10.1. The molecule has 0 aliphatic carbocycles. The molecule has 5 heteroatoms. The van der Waals surface area contributed by atoms with Crippen molar-refractivity contribution < 1.29 is 9.53 Å². The Morgan fingerprint density at radius 1 is 1.32 bits per heavy atom.